The zero-order chi connectivity index (χ0) is 13.5. The van der Waals surface area contributed by atoms with Crippen molar-refractivity contribution in [2.75, 3.05) is 27.2 Å². The van der Waals surface area contributed by atoms with Gasteiger partial charge in [0.2, 0.25) is 0 Å². The molecule has 2 fully saturated rings. The predicted molar refractivity (Wildman–Crippen MR) is 83.1 cm³/mol. The Labute approximate surface area is 125 Å². The lowest BCUT2D eigenvalue weighted by molar-refractivity contribution is 0.0459. The third-order valence-electron chi connectivity index (χ3n) is 5.36. The lowest BCUT2D eigenvalue weighted by Crippen LogP contribution is -2.46. The van der Waals surface area contributed by atoms with E-state index in [0.29, 0.717) is 5.41 Å². The van der Waals surface area contributed by atoms with Crippen molar-refractivity contribution < 1.29 is 0 Å². The summed E-state index contributed by atoms with van der Waals surface area (Å²) < 4.78 is 0.916. The predicted octanol–water partition coefficient (Wildman–Crippen LogP) is 3.71. The molecule has 1 aromatic heterocycles. The van der Waals surface area contributed by atoms with Gasteiger partial charge in [0.15, 0.2) is 0 Å². The van der Waals surface area contributed by atoms with E-state index in [1.807, 2.05) is 6.07 Å². The zero-order valence-electron chi connectivity index (χ0n) is 11.8. The maximum atomic E-state index is 6.16. The van der Waals surface area contributed by atoms with Crippen molar-refractivity contribution in [3.8, 4) is 0 Å². The third kappa shape index (κ3) is 2.35. The smallest absolute Gasteiger partial charge is 0.0931 e. The zero-order valence-corrected chi connectivity index (χ0v) is 13.4. The van der Waals surface area contributed by atoms with Crippen molar-refractivity contribution in [2.24, 2.45) is 5.41 Å². The molecule has 0 unspecified atom stereocenters. The van der Waals surface area contributed by atoms with Crippen LogP contribution in [0.5, 0.6) is 0 Å². The van der Waals surface area contributed by atoms with E-state index >= 15 is 0 Å². The first-order valence-electron chi connectivity index (χ1n) is 7.20. The highest BCUT2D eigenvalue weighted by atomic mass is 35.5. The maximum absolute atomic E-state index is 6.16. The fraction of sp³-hybridized carbons (Fsp3) is 0.733. The second-order valence-electron chi connectivity index (χ2n) is 6.46. The Kier molecular flexibility index (Phi) is 3.67. The van der Waals surface area contributed by atoms with Gasteiger partial charge in [-0.3, -0.25) is 4.90 Å². The highest BCUT2D eigenvalue weighted by Crippen LogP contribution is 2.51. The van der Waals surface area contributed by atoms with E-state index in [1.165, 1.54) is 50.1 Å². The molecule has 0 atom stereocenters. The molecule has 1 aliphatic heterocycles. The summed E-state index contributed by atoms with van der Waals surface area (Å²) in [4.78, 5) is 3.87. The third-order valence-corrected chi connectivity index (χ3v) is 6.78. The van der Waals surface area contributed by atoms with Crippen LogP contribution < -0.4 is 5.32 Å². The molecule has 0 amide bonds. The summed E-state index contributed by atoms with van der Waals surface area (Å²) in [6.45, 7) is 2.43. The fourth-order valence-corrected chi connectivity index (χ4v) is 5.27. The number of halogens is 1. The molecule has 2 nitrogen and oxygen atoms in total. The van der Waals surface area contributed by atoms with E-state index in [0.717, 1.165) is 4.34 Å². The van der Waals surface area contributed by atoms with E-state index in [9.17, 15) is 0 Å². The monoisotopic (exact) mass is 298 g/mol. The quantitative estimate of drug-likeness (QED) is 0.895. The van der Waals surface area contributed by atoms with Gasteiger partial charge in [-0.2, -0.15) is 0 Å². The Hall–Kier alpha value is -0.0900. The number of rotatable bonds is 2. The van der Waals surface area contributed by atoms with Crippen LogP contribution >= 0.6 is 22.9 Å². The molecule has 3 rings (SSSR count). The molecular formula is C15H23ClN2S. The SMILES string of the molecule is CN(C)C1(c2ccc(Cl)s2)CCC2(CCNC2)CC1. The number of hydrogen-bond donors (Lipinski definition) is 1. The summed E-state index contributed by atoms with van der Waals surface area (Å²) in [5, 5.41) is 3.55. The normalized spacial score (nSPS) is 35.4. The minimum atomic E-state index is 0.214. The highest BCUT2D eigenvalue weighted by Gasteiger charge is 2.46. The second kappa shape index (κ2) is 5.03. The summed E-state index contributed by atoms with van der Waals surface area (Å²) in [5.41, 5.74) is 0.798. The van der Waals surface area contributed by atoms with Gasteiger partial charge in [0.1, 0.15) is 0 Å². The van der Waals surface area contributed by atoms with Crippen molar-refractivity contribution >= 4 is 22.9 Å². The Balaban J connectivity index is 1.84. The van der Waals surface area contributed by atoms with Crippen LogP contribution in [0.4, 0.5) is 0 Å². The summed E-state index contributed by atoms with van der Waals surface area (Å²) in [6, 6.07) is 4.28. The minimum absolute atomic E-state index is 0.214. The molecule has 1 N–H and O–H groups in total. The van der Waals surface area contributed by atoms with Crippen LogP contribution in [-0.2, 0) is 5.54 Å². The molecule has 19 heavy (non-hydrogen) atoms. The molecule has 0 aromatic carbocycles. The van der Waals surface area contributed by atoms with Crippen LogP contribution in [0.1, 0.15) is 37.0 Å². The lowest BCUT2D eigenvalue weighted by Gasteiger charge is -2.48. The molecule has 4 heteroatoms. The number of nitrogens with one attached hydrogen (secondary N) is 1. The summed E-state index contributed by atoms with van der Waals surface area (Å²) in [5.74, 6) is 0. The Morgan fingerprint density at radius 2 is 1.89 bits per heavy atom. The topological polar surface area (TPSA) is 15.3 Å². The van der Waals surface area contributed by atoms with Gasteiger partial charge in [-0.15, -0.1) is 11.3 Å². The molecular weight excluding hydrogens is 276 g/mol. The average Bonchev–Trinajstić information content (AvgIpc) is 3.01. The molecule has 1 saturated heterocycles. The standard InChI is InChI=1S/C15H23ClN2S/c1-18(2)15(12-3-4-13(16)19-12)7-5-14(6-8-15)9-10-17-11-14/h3-4,17H,5-11H2,1-2H3. The highest BCUT2D eigenvalue weighted by molar-refractivity contribution is 7.16. The van der Waals surface area contributed by atoms with Crippen molar-refractivity contribution in [2.45, 2.75) is 37.6 Å². The van der Waals surface area contributed by atoms with Crippen molar-refractivity contribution in [1.82, 2.24) is 10.2 Å². The van der Waals surface area contributed by atoms with Crippen LogP contribution in [0, 0.1) is 5.41 Å². The fourth-order valence-electron chi connectivity index (χ4n) is 3.89. The van der Waals surface area contributed by atoms with Crippen LogP contribution in [0.2, 0.25) is 4.34 Å². The van der Waals surface area contributed by atoms with Crippen LogP contribution in [0.15, 0.2) is 12.1 Å². The van der Waals surface area contributed by atoms with Gasteiger partial charge in [0, 0.05) is 11.4 Å². The molecule has 0 bridgehead atoms. The molecule has 1 saturated carbocycles. The van der Waals surface area contributed by atoms with Gasteiger partial charge in [-0.1, -0.05) is 11.6 Å². The Bertz CT molecular complexity index is 439. The minimum Gasteiger partial charge on any atom is -0.316 e. The van der Waals surface area contributed by atoms with Gasteiger partial charge in [0.25, 0.3) is 0 Å². The van der Waals surface area contributed by atoms with Gasteiger partial charge >= 0.3 is 0 Å². The van der Waals surface area contributed by atoms with E-state index in [1.54, 1.807) is 11.3 Å². The molecule has 0 radical (unpaired) electrons. The van der Waals surface area contributed by atoms with Gasteiger partial charge in [0.05, 0.1) is 9.88 Å². The van der Waals surface area contributed by atoms with E-state index in [4.69, 9.17) is 11.6 Å². The van der Waals surface area contributed by atoms with Crippen molar-refractivity contribution in [1.29, 1.82) is 0 Å². The Morgan fingerprint density at radius 1 is 1.16 bits per heavy atom. The largest absolute Gasteiger partial charge is 0.316 e. The van der Waals surface area contributed by atoms with Crippen LogP contribution in [0.25, 0.3) is 0 Å². The van der Waals surface area contributed by atoms with Crippen LogP contribution in [-0.4, -0.2) is 32.1 Å². The molecule has 2 aliphatic rings. The van der Waals surface area contributed by atoms with Crippen LogP contribution in [0.3, 0.4) is 0 Å². The molecule has 1 spiro atoms. The molecule has 2 heterocycles. The lowest BCUT2D eigenvalue weighted by atomic mass is 9.66. The second-order valence-corrected chi connectivity index (χ2v) is 8.17. The number of thiophene rings is 1. The first-order chi connectivity index (χ1) is 9.06. The van der Waals surface area contributed by atoms with Crippen molar-refractivity contribution in [3.05, 3.63) is 21.3 Å². The summed E-state index contributed by atoms with van der Waals surface area (Å²) in [7, 11) is 4.44. The Morgan fingerprint density at radius 3 is 2.37 bits per heavy atom. The molecule has 106 valence electrons. The molecule has 1 aliphatic carbocycles. The average molecular weight is 299 g/mol. The van der Waals surface area contributed by atoms with Crippen molar-refractivity contribution in [3.63, 3.8) is 0 Å². The van der Waals surface area contributed by atoms with Gasteiger partial charge in [-0.25, -0.2) is 0 Å². The summed E-state index contributed by atoms with van der Waals surface area (Å²) in [6.07, 6.45) is 6.57. The van der Waals surface area contributed by atoms with Gasteiger partial charge in [-0.05, 0) is 70.3 Å². The maximum Gasteiger partial charge on any atom is 0.0931 e. The molecule has 1 aromatic rings. The number of hydrogen-bond acceptors (Lipinski definition) is 3. The van der Waals surface area contributed by atoms with E-state index in [2.05, 4.69) is 30.4 Å². The first-order valence-corrected chi connectivity index (χ1v) is 8.40. The van der Waals surface area contributed by atoms with Gasteiger partial charge < -0.3 is 5.32 Å². The first kappa shape index (κ1) is 13.9. The summed E-state index contributed by atoms with van der Waals surface area (Å²) >= 11 is 7.92. The number of nitrogens with zero attached hydrogens (tertiary/aromatic N) is 1. The van der Waals surface area contributed by atoms with E-state index < -0.39 is 0 Å². The van der Waals surface area contributed by atoms with E-state index in [-0.39, 0.29) is 5.54 Å².